The lowest BCUT2D eigenvalue weighted by atomic mass is 10.1. The van der Waals surface area contributed by atoms with E-state index in [-0.39, 0.29) is 5.78 Å². The Labute approximate surface area is 75.8 Å². The van der Waals surface area contributed by atoms with Crippen LogP contribution in [-0.4, -0.2) is 5.78 Å². The molecule has 1 aliphatic carbocycles. The van der Waals surface area contributed by atoms with Crippen molar-refractivity contribution in [3.63, 3.8) is 0 Å². The molecule has 1 nitrogen and oxygen atoms in total. The van der Waals surface area contributed by atoms with E-state index in [0.29, 0.717) is 9.94 Å². The first-order chi connectivity index (χ1) is 5.15. The van der Waals surface area contributed by atoms with Crippen molar-refractivity contribution in [1.29, 1.82) is 0 Å². The molecule has 0 saturated heterocycles. The molecule has 0 aromatic heterocycles. The van der Waals surface area contributed by atoms with Gasteiger partial charge in [-0.05, 0) is 18.6 Å². The van der Waals surface area contributed by atoms with E-state index in [1.807, 2.05) is 13.0 Å². The first-order valence-corrected chi connectivity index (χ1v) is 3.96. The Morgan fingerprint density at radius 3 is 2.73 bits per heavy atom. The monoisotopic (exact) mass is 186 g/mol. The van der Waals surface area contributed by atoms with Crippen molar-refractivity contribution in [2.75, 3.05) is 0 Å². The Bertz CT molecular complexity index is 286. The maximum Gasteiger partial charge on any atom is 0.193 e. The molecule has 58 valence electrons. The predicted octanol–water partition coefficient (Wildman–Crippen LogP) is 2.45. The van der Waals surface area contributed by atoms with E-state index in [4.69, 9.17) is 11.6 Å². The van der Waals surface area contributed by atoms with Gasteiger partial charge in [-0.15, -0.1) is 12.6 Å². The summed E-state index contributed by atoms with van der Waals surface area (Å²) in [6.07, 6.45) is 4.87. The fraction of sp³-hybridized carbons (Fsp3) is 0.125. The summed E-state index contributed by atoms with van der Waals surface area (Å²) < 4.78 is 0. The van der Waals surface area contributed by atoms with Gasteiger partial charge in [-0.25, -0.2) is 0 Å². The zero-order valence-corrected chi connectivity index (χ0v) is 7.62. The number of thiol groups is 1. The van der Waals surface area contributed by atoms with Crippen LogP contribution in [0.15, 0.2) is 33.7 Å². The van der Waals surface area contributed by atoms with Crippen molar-refractivity contribution in [2.45, 2.75) is 6.92 Å². The molecule has 1 aliphatic rings. The van der Waals surface area contributed by atoms with Gasteiger partial charge in [0.25, 0.3) is 0 Å². The van der Waals surface area contributed by atoms with Crippen molar-refractivity contribution in [1.82, 2.24) is 0 Å². The molecule has 0 N–H and O–H groups in total. The normalized spacial score (nSPS) is 21.7. The van der Waals surface area contributed by atoms with Gasteiger partial charge in [0.15, 0.2) is 5.78 Å². The molecule has 0 aromatic carbocycles. The minimum absolute atomic E-state index is 0.135. The molecule has 0 heterocycles. The fourth-order valence-electron chi connectivity index (χ4n) is 0.781. The van der Waals surface area contributed by atoms with Crippen LogP contribution >= 0.6 is 24.2 Å². The number of ketones is 1. The largest absolute Gasteiger partial charge is 0.289 e. The first kappa shape index (κ1) is 8.62. The van der Waals surface area contributed by atoms with Crippen LogP contribution in [0.25, 0.3) is 0 Å². The average molecular weight is 187 g/mol. The highest BCUT2D eigenvalue weighted by molar-refractivity contribution is 7.85. The van der Waals surface area contributed by atoms with Crippen LogP contribution in [0, 0.1) is 0 Å². The van der Waals surface area contributed by atoms with Gasteiger partial charge in [-0.1, -0.05) is 17.7 Å². The highest BCUT2D eigenvalue weighted by Gasteiger charge is 2.12. The molecule has 0 bridgehead atoms. The van der Waals surface area contributed by atoms with Gasteiger partial charge in [0.1, 0.15) is 0 Å². The van der Waals surface area contributed by atoms with Crippen LogP contribution in [0.2, 0.25) is 0 Å². The van der Waals surface area contributed by atoms with E-state index < -0.39 is 0 Å². The maximum atomic E-state index is 10.9. The molecule has 11 heavy (non-hydrogen) atoms. The summed E-state index contributed by atoms with van der Waals surface area (Å²) in [7, 11) is 0. The third-order valence-electron chi connectivity index (χ3n) is 1.39. The summed E-state index contributed by atoms with van der Waals surface area (Å²) in [6.45, 7) is 1.86. The van der Waals surface area contributed by atoms with Gasteiger partial charge in [0, 0.05) is 6.08 Å². The second-order valence-electron chi connectivity index (χ2n) is 2.13. The van der Waals surface area contributed by atoms with Crippen LogP contribution in [0.1, 0.15) is 6.92 Å². The standard InChI is InChI=1S/C8H7ClOS/c1-2-5-3-8(11)7(10)4-6(5)9/h2-4,11H,1H3. The Balaban J connectivity index is 3.08. The summed E-state index contributed by atoms with van der Waals surface area (Å²) in [5.74, 6) is -0.135. The number of carbonyl (C=O) groups is 1. The number of hydrogen-bond acceptors (Lipinski definition) is 2. The van der Waals surface area contributed by atoms with E-state index >= 15 is 0 Å². The SMILES string of the molecule is CC=C1C=C(S)C(=O)C=C1Cl. The Hall–Kier alpha value is -0.470. The summed E-state index contributed by atoms with van der Waals surface area (Å²) in [6, 6.07) is 0. The van der Waals surface area contributed by atoms with Crippen molar-refractivity contribution in [3.8, 4) is 0 Å². The molecule has 0 aliphatic heterocycles. The first-order valence-electron chi connectivity index (χ1n) is 3.14. The van der Waals surface area contributed by atoms with Gasteiger partial charge >= 0.3 is 0 Å². The van der Waals surface area contributed by atoms with E-state index in [2.05, 4.69) is 12.6 Å². The van der Waals surface area contributed by atoms with Crippen molar-refractivity contribution in [2.24, 2.45) is 0 Å². The molecule has 0 fully saturated rings. The summed E-state index contributed by atoms with van der Waals surface area (Å²) in [5, 5.41) is 0.482. The second-order valence-corrected chi connectivity index (χ2v) is 3.02. The van der Waals surface area contributed by atoms with Crippen molar-refractivity contribution in [3.05, 3.63) is 33.7 Å². The molecule has 0 aromatic rings. The lowest BCUT2D eigenvalue weighted by Gasteiger charge is -2.06. The van der Waals surface area contributed by atoms with Gasteiger partial charge in [0.05, 0.1) is 9.94 Å². The molecular weight excluding hydrogens is 180 g/mol. The third kappa shape index (κ3) is 1.76. The van der Waals surface area contributed by atoms with Crippen LogP contribution in [0.5, 0.6) is 0 Å². The molecule has 0 saturated carbocycles. The number of carbonyl (C=O) groups excluding carboxylic acids is 1. The average Bonchev–Trinajstić information content (AvgIpc) is 1.97. The van der Waals surface area contributed by atoms with E-state index in [1.165, 1.54) is 6.08 Å². The van der Waals surface area contributed by atoms with Gasteiger partial charge in [0.2, 0.25) is 0 Å². The van der Waals surface area contributed by atoms with Gasteiger partial charge in [-0.3, -0.25) is 4.79 Å². The summed E-state index contributed by atoms with van der Waals surface area (Å²) >= 11 is 9.71. The quantitative estimate of drug-likeness (QED) is 0.576. The molecule has 0 atom stereocenters. The highest BCUT2D eigenvalue weighted by atomic mass is 35.5. The number of rotatable bonds is 0. The Kier molecular flexibility index (Phi) is 2.58. The highest BCUT2D eigenvalue weighted by Crippen LogP contribution is 2.24. The topological polar surface area (TPSA) is 17.1 Å². The van der Waals surface area contributed by atoms with Crippen molar-refractivity contribution < 1.29 is 4.79 Å². The fourth-order valence-corrected chi connectivity index (χ4v) is 1.25. The molecule has 3 heteroatoms. The lowest BCUT2D eigenvalue weighted by molar-refractivity contribution is -0.110. The zero-order valence-electron chi connectivity index (χ0n) is 5.97. The summed E-state index contributed by atoms with van der Waals surface area (Å²) in [4.78, 5) is 11.4. The van der Waals surface area contributed by atoms with Crippen LogP contribution in [0.4, 0.5) is 0 Å². The van der Waals surface area contributed by atoms with E-state index in [0.717, 1.165) is 5.57 Å². The number of hydrogen-bond donors (Lipinski definition) is 1. The lowest BCUT2D eigenvalue weighted by Crippen LogP contribution is -2.00. The zero-order chi connectivity index (χ0) is 8.43. The van der Waals surface area contributed by atoms with Crippen LogP contribution in [0.3, 0.4) is 0 Å². The molecule has 0 radical (unpaired) electrons. The van der Waals surface area contributed by atoms with Crippen LogP contribution in [-0.2, 0) is 4.79 Å². The smallest absolute Gasteiger partial charge is 0.193 e. The predicted molar refractivity (Wildman–Crippen MR) is 49.8 cm³/mol. The third-order valence-corrected chi connectivity index (χ3v) is 2.07. The van der Waals surface area contributed by atoms with Crippen LogP contribution < -0.4 is 0 Å². The molecule has 1 rings (SSSR count). The molecular formula is C8H7ClOS. The minimum atomic E-state index is -0.135. The van der Waals surface area contributed by atoms with E-state index in [1.54, 1.807) is 6.08 Å². The van der Waals surface area contributed by atoms with Gasteiger partial charge in [-0.2, -0.15) is 0 Å². The second kappa shape index (κ2) is 3.28. The maximum absolute atomic E-state index is 10.9. The Morgan fingerprint density at radius 1 is 1.55 bits per heavy atom. The number of allylic oxidation sites excluding steroid dienone is 6. The van der Waals surface area contributed by atoms with Crippen molar-refractivity contribution >= 4 is 30.0 Å². The minimum Gasteiger partial charge on any atom is -0.289 e. The molecule has 0 unspecified atom stereocenters. The Morgan fingerprint density at radius 2 is 2.18 bits per heavy atom. The molecule has 0 amide bonds. The van der Waals surface area contributed by atoms with Gasteiger partial charge < -0.3 is 0 Å². The molecule has 0 spiro atoms. The number of halogens is 1. The van der Waals surface area contributed by atoms with E-state index in [9.17, 15) is 4.79 Å². The summed E-state index contributed by atoms with van der Waals surface area (Å²) in [5.41, 5.74) is 0.844.